The molecule has 1 unspecified atom stereocenters. The summed E-state index contributed by atoms with van der Waals surface area (Å²) < 4.78 is 56.9. The Labute approximate surface area is 152 Å². The van der Waals surface area contributed by atoms with Crippen molar-refractivity contribution in [2.24, 2.45) is 11.8 Å². The molecule has 1 heterocycles. The summed E-state index contributed by atoms with van der Waals surface area (Å²) in [5.41, 5.74) is 0.666. The Morgan fingerprint density at radius 1 is 1.23 bits per heavy atom. The van der Waals surface area contributed by atoms with Crippen LogP contribution in [0.5, 0.6) is 0 Å². The van der Waals surface area contributed by atoms with Crippen LogP contribution in [-0.2, 0) is 36.0 Å². The number of nitrogens with zero attached hydrogens (tertiary/aromatic N) is 1. The van der Waals surface area contributed by atoms with E-state index in [4.69, 9.17) is 0 Å². The molecule has 2 fully saturated rings. The summed E-state index contributed by atoms with van der Waals surface area (Å²) in [5.74, 6) is -0.426. The van der Waals surface area contributed by atoms with Crippen molar-refractivity contribution >= 4 is 26.0 Å². The minimum absolute atomic E-state index is 0.0157. The minimum atomic E-state index is -3.64. The number of carbonyl (C=O) groups excluding carboxylic acids is 1. The van der Waals surface area contributed by atoms with Gasteiger partial charge in [0, 0.05) is 24.5 Å². The number of ether oxygens (including phenoxy) is 1. The summed E-state index contributed by atoms with van der Waals surface area (Å²) in [5, 5.41) is 0.853. The normalized spacial score (nSPS) is 25.5. The lowest BCUT2D eigenvalue weighted by atomic mass is 10.2. The Hall–Kier alpha value is -1.75. The van der Waals surface area contributed by atoms with Gasteiger partial charge in [-0.1, -0.05) is 18.7 Å². The van der Waals surface area contributed by atoms with Crippen LogP contribution in [0.3, 0.4) is 0 Å². The van der Waals surface area contributed by atoms with Gasteiger partial charge in [0.15, 0.2) is 0 Å². The third-order valence-electron chi connectivity index (χ3n) is 4.82. The molecular weight excluding hydrogens is 380 g/mol. The van der Waals surface area contributed by atoms with Crippen LogP contribution in [0.25, 0.3) is 0 Å². The van der Waals surface area contributed by atoms with Crippen LogP contribution >= 0.6 is 0 Å². The van der Waals surface area contributed by atoms with Gasteiger partial charge in [0.2, 0.25) is 20.0 Å². The number of carbonyl (C=O) groups is 1. The number of methoxy groups -OCH3 is 1. The smallest absolute Gasteiger partial charge is 0.309 e. The number of nitrogens with one attached hydrogen (secondary N) is 1. The number of fused-ring (bicyclic) bond motifs is 1. The van der Waals surface area contributed by atoms with E-state index >= 15 is 0 Å². The van der Waals surface area contributed by atoms with Crippen LogP contribution in [0, 0.1) is 11.8 Å². The number of sulfonamides is 2. The summed E-state index contributed by atoms with van der Waals surface area (Å²) in [6.07, 6.45) is 0.0792. The first-order valence-corrected chi connectivity index (χ1v) is 11.0. The molecule has 8 nitrogen and oxygen atoms in total. The highest BCUT2D eigenvalue weighted by atomic mass is 32.2. The second kappa shape index (κ2) is 6.76. The molecule has 142 valence electrons. The monoisotopic (exact) mass is 400 g/mol. The minimum Gasteiger partial charge on any atom is -0.469 e. The first-order valence-electron chi connectivity index (χ1n) is 7.98. The Kier molecular flexibility index (Phi) is 4.95. The molecule has 3 atom stereocenters. The SMILES string of the molecule is C=CS(=O)(=O)NC1[C@H]2CN(S(=O)(=O)c3ccc(CC(=O)OC)cc3)C[C@@H]12. The average Bonchev–Trinajstić information content (AvgIpc) is 3.04. The summed E-state index contributed by atoms with van der Waals surface area (Å²) in [4.78, 5) is 11.4. The highest BCUT2D eigenvalue weighted by molar-refractivity contribution is 7.92. The van der Waals surface area contributed by atoms with Gasteiger partial charge in [0.1, 0.15) is 0 Å². The molecule has 10 heteroatoms. The maximum Gasteiger partial charge on any atom is 0.309 e. The van der Waals surface area contributed by atoms with E-state index in [0.29, 0.717) is 5.56 Å². The average molecular weight is 400 g/mol. The Morgan fingerprint density at radius 3 is 2.31 bits per heavy atom. The van der Waals surface area contributed by atoms with Crippen molar-refractivity contribution in [3.05, 3.63) is 41.8 Å². The zero-order valence-electron chi connectivity index (χ0n) is 14.2. The maximum absolute atomic E-state index is 12.7. The number of benzene rings is 1. The van der Waals surface area contributed by atoms with Gasteiger partial charge in [-0.3, -0.25) is 4.79 Å². The molecule has 1 aromatic carbocycles. The molecule has 3 rings (SSSR count). The molecule has 0 radical (unpaired) electrons. The highest BCUT2D eigenvalue weighted by Gasteiger charge is 2.59. The van der Waals surface area contributed by atoms with Gasteiger partial charge in [-0.25, -0.2) is 21.6 Å². The zero-order chi connectivity index (χ0) is 19.1. The van der Waals surface area contributed by atoms with Crippen molar-refractivity contribution < 1.29 is 26.4 Å². The predicted octanol–water partition coefficient (Wildman–Crippen LogP) is 0.0839. The Balaban J connectivity index is 1.64. The first kappa shape index (κ1) is 19.0. The van der Waals surface area contributed by atoms with Crippen LogP contribution in [0.4, 0.5) is 0 Å². The van der Waals surface area contributed by atoms with E-state index < -0.39 is 26.0 Å². The van der Waals surface area contributed by atoms with E-state index in [0.717, 1.165) is 5.41 Å². The lowest BCUT2D eigenvalue weighted by Crippen LogP contribution is -2.36. The molecular formula is C16H20N2O6S2. The Bertz CT molecular complexity index is 912. The van der Waals surface area contributed by atoms with Crippen molar-refractivity contribution in [1.29, 1.82) is 0 Å². The fourth-order valence-corrected chi connectivity index (χ4v) is 5.60. The van der Waals surface area contributed by atoms with E-state index in [1.807, 2.05) is 0 Å². The van der Waals surface area contributed by atoms with Crippen molar-refractivity contribution in [2.45, 2.75) is 17.4 Å². The molecule has 1 aliphatic heterocycles. The van der Waals surface area contributed by atoms with Crippen molar-refractivity contribution in [3.63, 3.8) is 0 Å². The quantitative estimate of drug-likeness (QED) is 0.650. The van der Waals surface area contributed by atoms with Gasteiger partial charge in [0.05, 0.1) is 18.4 Å². The van der Waals surface area contributed by atoms with Gasteiger partial charge < -0.3 is 4.74 Å². The fourth-order valence-electron chi connectivity index (χ4n) is 3.26. The summed E-state index contributed by atoms with van der Waals surface area (Å²) in [6.45, 7) is 3.80. The highest BCUT2D eigenvalue weighted by Crippen LogP contribution is 2.47. The number of piperidine rings is 1. The van der Waals surface area contributed by atoms with Gasteiger partial charge in [0.25, 0.3) is 0 Å². The second-order valence-electron chi connectivity index (χ2n) is 6.40. The molecule has 0 spiro atoms. The van der Waals surface area contributed by atoms with Gasteiger partial charge in [-0.15, -0.1) is 0 Å². The number of rotatable bonds is 7. The van der Waals surface area contributed by atoms with E-state index in [-0.39, 0.29) is 42.3 Å². The van der Waals surface area contributed by atoms with Gasteiger partial charge in [-0.05, 0) is 29.5 Å². The molecule has 2 aliphatic rings. The van der Waals surface area contributed by atoms with Crippen LogP contribution in [0.2, 0.25) is 0 Å². The van der Waals surface area contributed by atoms with Crippen molar-refractivity contribution in [1.82, 2.24) is 9.03 Å². The molecule has 1 aromatic rings. The van der Waals surface area contributed by atoms with Crippen molar-refractivity contribution in [3.8, 4) is 0 Å². The van der Waals surface area contributed by atoms with Crippen molar-refractivity contribution in [2.75, 3.05) is 20.2 Å². The predicted molar refractivity (Wildman–Crippen MR) is 93.9 cm³/mol. The molecule has 1 saturated heterocycles. The van der Waals surface area contributed by atoms with Gasteiger partial charge in [-0.2, -0.15) is 4.31 Å². The van der Waals surface area contributed by atoms with E-state index in [1.165, 1.54) is 23.5 Å². The van der Waals surface area contributed by atoms with E-state index in [9.17, 15) is 21.6 Å². The number of hydrogen-bond acceptors (Lipinski definition) is 6. The summed E-state index contributed by atoms with van der Waals surface area (Å²) in [7, 11) is -5.86. The van der Waals surface area contributed by atoms with E-state index in [1.54, 1.807) is 12.1 Å². The Morgan fingerprint density at radius 2 is 1.81 bits per heavy atom. The zero-order valence-corrected chi connectivity index (χ0v) is 15.8. The molecule has 0 bridgehead atoms. The second-order valence-corrected chi connectivity index (χ2v) is 10.00. The molecule has 0 aromatic heterocycles. The molecule has 1 N–H and O–H groups in total. The standard InChI is InChI=1S/C16H20N2O6S2/c1-3-25(20,21)17-16-13-9-18(10-14(13)16)26(22,23)12-6-4-11(5-7-12)8-15(19)24-2/h3-7,13-14,16-17H,1,8-10H2,2H3/t13-,14+,16?. The molecule has 0 amide bonds. The summed E-state index contributed by atoms with van der Waals surface area (Å²) >= 11 is 0. The van der Waals surface area contributed by atoms with Crippen LogP contribution in [-0.4, -0.2) is 53.4 Å². The first-order chi connectivity index (χ1) is 12.2. The summed E-state index contributed by atoms with van der Waals surface area (Å²) in [6, 6.07) is 5.88. The topological polar surface area (TPSA) is 110 Å². The number of hydrogen-bond donors (Lipinski definition) is 1. The number of esters is 1. The molecule has 1 aliphatic carbocycles. The molecule has 26 heavy (non-hydrogen) atoms. The van der Waals surface area contributed by atoms with Crippen LogP contribution in [0.1, 0.15) is 5.56 Å². The lowest BCUT2D eigenvalue weighted by Gasteiger charge is -2.20. The van der Waals surface area contributed by atoms with E-state index in [2.05, 4.69) is 16.0 Å². The maximum atomic E-state index is 12.7. The van der Waals surface area contributed by atoms with Crippen LogP contribution < -0.4 is 4.72 Å². The van der Waals surface area contributed by atoms with Crippen LogP contribution in [0.15, 0.2) is 41.1 Å². The molecule has 1 saturated carbocycles. The third-order valence-corrected chi connectivity index (χ3v) is 7.70. The van der Waals surface area contributed by atoms with Gasteiger partial charge >= 0.3 is 5.97 Å². The largest absolute Gasteiger partial charge is 0.469 e. The lowest BCUT2D eigenvalue weighted by molar-refractivity contribution is -0.139. The fraction of sp³-hybridized carbons (Fsp3) is 0.438. The third kappa shape index (κ3) is 3.68.